The first kappa shape index (κ1) is 26.9. The SMILES string of the molecule is COCCCN(CC(=O)N(Cc1ccco1)Cc1cccn1C)C(=O)C(c1ccccc1)c1ccccc1. The lowest BCUT2D eigenvalue weighted by atomic mass is 9.90. The van der Waals surface area contributed by atoms with Crippen LogP contribution in [0.25, 0.3) is 0 Å². The number of carbonyl (C=O) groups excluding carboxylic acids is 2. The molecule has 7 nitrogen and oxygen atoms in total. The quantitative estimate of drug-likeness (QED) is 0.240. The monoisotopic (exact) mass is 513 g/mol. The van der Waals surface area contributed by atoms with E-state index in [-0.39, 0.29) is 18.4 Å². The first-order valence-electron chi connectivity index (χ1n) is 12.8. The third-order valence-corrected chi connectivity index (χ3v) is 6.61. The number of hydrogen-bond donors (Lipinski definition) is 0. The molecule has 0 radical (unpaired) electrons. The largest absolute Gasteiger partial charge is 0.467 e. The van der Waals surface area contributed by atoms with E-state index in [1.807, 2.05) is 103 Å². The number of rotatable bonds is 13. The van der Waals surface area contributed by atoms with Crippen molar-refractivity contribution < 1.29 is 18.7 Å². The fourth-order valence-electron chi connectivity index (χ4n) is 4.56. The van der Waals surface area contributed by atoms with Gasteiger partial charge in [0.05, 0.1) is 31.8 Å². The molecule has 0 saturated carbocycles. The van der Waals surface area contributed by atoms with Gasteiger partial charge in [-0.2, -0.15) is 0 Å². The Balaban J connectivity index is 1.61. The molecule has 4 rings (SSSR count). The van der Waals surface area contributed by atoms with Crippen molar-refractivity contribution in [1.82, 2.24) is 14.4 Å². The molecule has 0 atom stereocenters. The summed E-state index contributed by atoms with van der Waals surface area (Å²) in [4.78, 5) is 31.4. The first-order chi connectivity index (χ1) is 18.6. The Morgan fingerprint density at radius 2 is 1.55 bits per heavy atom. The average Bonchev–Trinajstić information content (AvgIpc) is 3.61. The van der Waals surface area contributed by atoms with Crippen molar-refractivity contribution in [3.8, 4) is 0 Å². The van der Waals surface area contributed by atoms with Gasteiger partial charge in [0, 0.05) is 39.2 Å². The van der Waals surface area contributed by atoms with Crippen LogP contribution in [0.3, 0.4) is 0 Å². The normalized spacial score (nSPS) is 11.0. The molecule has 0 spiro atoms. The molecule has 0 unspecified atom stereocenters. The third-order valence-electron chi connectivity index (χ3n) is 6.61. The van der Waals surface area contributed by atoms with E-state index in [1.165, 1.54) is 0 Å². The zero-order valence-corrected chi connectivity index (χ0v) is 22.0. The highest BCUT2D eigenvalue weighted by Gasteiger charge is 2.30. The van der Waals surface area contributed by atoms with Crippen LogP contribution in [-0.2, 0) is 34.5 Å². The van der Waals surface area contributed by atoms with Crippen LogP contribution in [0.15, 0.2) is 102 Å². The number of carbonyl (C=O) groups is 2. The van der Waals surface area contributed by atoms with Crippen molar-refractivity contribution in [2.24, 2.45) is 7.05 Å². The molecule has 0 bridgehead atoms. The minimum atomic E-state index is -0.515. The molecule has 2 heterocycles. The fourth-order valence-corrected chi connectivity index (χ4v) is 4.56. The van der Waals surface area contributed by atoms with E-state index in [2.05, 4.69) is 0 Å². The second-order valence-corrected chi connectivity index (χ2v) is 9.30. The minimum Gasteiger partial charge on any atom is -0.467 e. The summed E-state index contributed by atoms with van der Waals surface area (Å²) in [5.41, 5.74) is 2.78. The minimum absolute atomic E-state index is 0.0379. The lowest BCUT2D eigenvalue weighted by molar-refractivity contribution is -0.142. The topological polar surface area (TPSA) is 67.9 Å². The van der Waals surface area contributed by atoms with E-state index >= 15 is 0 Å². The molecule has 0 aliphatic carbocycles. The molecule has 0 saturated heterocycles. The van der Waals surface area contributed by atoms with Crippen LogP contribution >= 0.6 is 0 Å². The third kappa shape index (κ3) is 7.01. The van der Waals surface area contributed by atoms with Crippen molar-refractivity contribution in [1.29, 1.82) is 0 Å². The van der Waals surface area contributed by atoms with Crippen molar-refractivity contribution in [2.45, 2.75) is 25.4 Å². The summed E-state index contributed by atoms with van der Waals surface area (Å²) in [6.45, 7) is 1.60. The zero-order chi connectivity index (χ0) is 26.7. The van der Waals surface area contributed by atoms with Crippen LogP contribution in [0.4, 0.5) is 0 Å². The summed E-state index contributed by atoms with van der Waals surface area (Å²) < 4.78 is 12.8. The van der Waals surface area contributed by atoms with Gasteiger partial charge in [-0.25, -0.2) is 0 Å². The van der Waals surface area contributed by atoms with Crippen LogP contribution in [-0.4, -0.2) is 53.0 Å². The molecule has 198 valence electrons. The lowest BCUT2D eigenvalue weighted by Gasteiger charge is -2.30. The summed E-state index contributed by atoms with van der Waals surface area (Å²) in [7, 11) is 3.59. The van der Waals surface area contributed by atoms with Crippen LogP contribution in [0.5, 0.6) is 0 Å². The van der Waals surface area contributed by atoms with E-state index in [0.29, 0.717) is 38.4 Å². The molecular formula is C31H35N3O4. The molecule has 4 aromatic rings. The molecule has 0 N–H and O–H groups in total. The molecule has 0 aliphatic heterocycles. The van der Waals surface area contributed by atoms with E-state index in [1.54, 1.807) is 23.2 Å². The Bertz CT molecular complexity index is 1230. The maximum absolute atomic E-state index is 14.2. The fraction of sp³-hybridized carbons (Fsp3) is 0.290. The van der Waals surface area contributed by atoms with Crippen LogP contribution in [0.2, 0.25) is 0 Å². The summed E-state index contributed by atoms with van der Waals surface area (Å²) in [6.07, 6.45) is 4.18. The Morgan fingerprint density at radius 3 is 2.11 bits per heavy atom. The first-order valence-corrected chi connectivity index (χ1v) is 12.8. The predicted molar refractivity (Wildman–Crippen MR) is 146 cm³/mol. The highest BCUT2D eigenvalue weighted by atomic mass is 16.5. The highest BCUT2D eigenvalue weighted by Crippen LogP contribution is 2.27. The summed E-state index contributed by atoms with van der Waals surface area (Å²) in [5.74, 6) is -0.0766. The van der Waals surface area contributed by atoms with Crippen LogP contribution in [0, 0.1) is 0 Å². The number of benzene rings is 2. The van der Waals surface area contributed by atoms with Gasteiger partial charge in [0.25, 0.3) is 0 Å². The highest BCUT2D eigenvalue weighted by molar-refractivity contribution is 5.91. The second kappa shape index (κ2) is 13.4. The number of methoxy groups -OCH3 is 1. The van der Waals surface area contributed by atoms with Gasteiger partial charge in [-0.05, 0) is 41.8 Å². The van der Waals surface area contributed by atoms with Gasteiger partial charge >= 0.3 is 0 Å². The van der Waals surface area contributed by atoms with E-state index in [9.17, 15) is 9.59 Å². The Labute approximate surface area is 224 Å². The summed E-state index contributed by atoms with van der Waals surface area (Å²) >= 11 is 0. The van der Waals surface area contributed by atoms with E-state index < -0.39 is 5.92 Å². The van der Waals surface area contributed by atoms with Crippen molar-refractivity contribution >= 4 is 11.8 Å². The number of nitrogens with zero attached hydrogens (tertiary/aromatic N) is 3. The van der Waals surface area contributed by atoms with Crippen molar-refractivity contribution in [2.75, 3.05) is 26.8 Å². The molecule has 2 aromatic carbocycles. The van der Waals surface area contributed by atoms with E-state index in [0.717, 1.165) is 16.8 Å². The Hall–Kier alpha value is -4.10. The molecule has 0 fully saturated rings. The van der Waals surface area contributed by atoms with E-state index in [4.69, 9.17) is 9.15 Å². The zero-order valence-electron chi connectivity index (χ0n) is 22.0. The van der Waals surface area contributed by atoms with Gasteiger partial charge in [0.2, 0.25) is 11.8 Å². The smallest absolute Gasteiger partial charge is 0.242 e. The number of hydrogen-bond acceptors (Lipinski definition) is 4. The molecule has 2 aromatic heterocycles. The molecular weight excluding hydrogens is 478 g/mol. The summed E-state index contributed by atoms with van der Waals surface area (Å²) in [6, 6.07) is 27.1. The average molecular weight is 514 g/mol. The Kier molecular flexibility index (Phi) is 9.54. The molecule has 38 heavy (non-hydrogen) atoms. The van der Waals surface area contributed by atoms with Gasteiger partial charge in [0.15, 0.2) is 0 Å². The maximum Gasteiger partial charge on any atom is 0.242 e. The number of aryl methyl sites for hydroxylation is 1. The van der Waals surface area contributed by atoms with Crippen molar-refractivity contribution in [3.63, 3.8) is 0 Å². The molecule has 0 aliphatic rings. The number of ether oxygens (including phenoxy) is 1. The van der Waals surface area contributed by atoms with Gasteiger partial charge in [-0.15, -0.1) is 0 Å². The predicted octanol–water partition coefficient (Wildman–Crippen LogP) is 4.84. The Morgan fingerprint density at radius 1 is 0.868 bits per heavy atom. The standard InChI is InChI=1S/C31H35N3O4/c1-32-18-9-16-27(32)22-34(23-28-17-10-21-38-28)29(35)24-33(19-11-20-37-2)31(36)30(25-12-5-3-6-13-25)26-14-7-4-8-15-26/h3-10,12-18,21,30H,11,19-20,22-24H2,1-2H3. The second-order valence-electron chi connectivity index (χ2n) is 9.30. The maximum atomic E-state index is 14.2. The van der Waals surface area contributed by atoms with Gasteiger partial charge in [0.1, 0.15) is 5.76 Å². The number of amides is 2. The van der Waals surface area contributed by atoms with Gasteiger partial charge in [-0.1, -0.05) is 60.7 Å². The number of furan rings is 1. The lowest BCUT2D eigenvalue weighted by Crippen LogP contribution is -2.45. The van der Waals surface area contributed by atoms with Crippen LogP contribution in [0.1, 0.15) is 34.9 Å². The molecule has 2 amide bonds. The van der Waals surface area contributed by atoms with Crippen LogP contribution < -0.4 is 0 Å². The van der Waals surface area contributed by atoms with Gasteiger partial charge < -0.3 is 23.5 Å². The summed E-state index contributed by atoms with van der Waals surface area (Å²) in [5, 5.41) is 0. The number of aromatic nitrogens is 1. The molecule has 7 heteroatoms. The van der Waals surface area contributed by atoms with Gasteiger partial charge in [-0.3, -0.25) is 9.59 Å². The van der Waals surface area contributed by atoms with Crippen molar-refractivity contribution in [3.05, 3.63) is 120 Å².